The fraction of sp³-hybridized carbons (Fsp3) is 0.333. The molecule has 0 saturated carbocycles. The van der Waals surface area contributed by atoms with Gasteiger partial charge in [0.15, 0.2) is 11.5 Å². The van der Waals surface area contributed by atoms with E-state index in [1.54, 1.807) is 30.3 Å². The number of aromatic nitrogens is 4. The number of fused-ring (bicyclic) bond motifs is 1. The highest BCUT2D eigenvalue weighted by Crippen LogP contribution is 2.24. The van der Waals surface area contributed by atoms with E-state index in [0.29, 0.717) is 24.6 Å². The van der Waals surface area contributed by atoms with Crippen LogP contribution in [-0.2, 0) is 4.79 Å². The molecule has 7 nitrogen and oxygen atoms in total. The highest BCUT2D eigenvalue weighted by Gasteiger charge is 2.34. The van der Waals surface area contributed by atoms with E-state index in [1.807, 2.05) is 4.90 Å². The predicted octanol–water partition coefficient (Wildman–Crippen LogP) is 2.53. The minimum absolute atomic E-state index is 0.164. The number of hydrogen-bond donors (Lipinski definition) is 0. The van der Waals surface area contributed by atoms with Crippen molar-refractivity contribution >= 4 is 17.4 Å². The number of halogens is 4. The first kappa shape index (κ1) is 19.1. The van der Waals surface area contributed by atoms with Crippen LogP contribution in [0.15, 0.2) is 36.4 Å². The normalized spacial score (nSPS) is 15.2. The standard InChI is InChI=1S/C18H16F4N6O/c19-13-4-2-1-3-12(13)17-24-23-14-5-6-15(25-28(14)17)26-7-9-27(10-8-26)16(29)11-18(20,21)22/h1-6H,7-11H2. The number of piperazine rings is 1. The van der Waals surface area contributed by atoms with Crippen LogP contribution in [0.4, 0.5) is 23.4 Å². The molecule has 1 aliphatic rings. The van der Waals surface area contributed by atoms with Gasteiger partial charge in [0.1, 0.15) is 18.1 Å². The Morgan fingerprint density at radius 1 is 1.00 bits per heavy atom. The van der Waals surface area contributed by atoms with Crippen molar-refractivity contribution in [1.29, 1.82) is 0 Å². The van der Waals surface area contributed by atoms with Crippen molar-refractivity contribution in [3.8, 4) is 11.4 Å². The van der Waals surface area contributed by atoms with Crippen LogP contribution in [-0.4, -0.2) is 63.0 Å². The van der Waals surface area contributed by atoms with E-state index in [4.69, 9.17) is 0 Å². The zero-order chi connectivity index (χ0) is 20.6. The first-order chi connectivity index (χ1) is 13.8. The van der Waals surface area contributed by atoms with Gasteiger partial charge in [-0.1, -0.05) is 12.1 Å². The number of nitrogens with zero attached hydrogens (tertiary/aromatic N) is 6. The second-order valence-electron chi connectivity index (χ2n) is 6.62. The van der Waals surface area contributed by atoms with Gasteiger partial charge in [0.2, 0.25) is 5.91 Å². The second-order valence-corrected chi connectivity index (χ2v) is 6.62. The van der Waals surface area contributed by atoms with E-state index in [2.05, 4.69) is 15.3 Å². The van der Waals surface area contributed by atoms with Gasteiger partial charge in [-0.15, -0.1) is 15.3 Å². The van der Waals surface area contributed by atoms with Gasteiger partial charge in [0, 0.05) is 26.2 Å². The average molecular weight is 408 g/mol. The van der Waals surface area contributed by atoms with Crippen molar-refractivity contribution in [3.05, 3.63) is 42.2 Å². The summed E-state index contributed by atoms with van der Waals surface area (Å²) in [6.07, 6.45) is -5.97. The minimum Gasteiger partial charge on any atom is -0.352 e. The lowest BCUT2D eigenvalue weighted by molar-refractivity contribution is -0.161. The quantitative estimate of drug-likeness (QED) is 0.623. The lowest BCUT2D eigenvalue weighted by Crippen LogP contribution is -2.49. The van der Waals surface area contributed by atoms with Gasteiger partial charge >= 0.3 is 6.18 Å². The number of rotatable bonds is 3. The Kier molecular flexibility index (Phi) is 4.81. The van der Waals surface area contributed by atoms with Gasteiger partial charge in [0.25, 0.3) is 0 Å². The van der Waals surface area contributed by atoms with Crippen LogP contribution in [0.2, 0.25) is 0 Å². The Morgan fingerprint density at radius 3 is 2.41 bits per heavy atom. The minimum atomic E-state index is -4.52. The van der Waals surface area contributed by atoms with Crippen molar-refractivity contribution in [2.24, 2.45) is 0 Å². The summed E-state index contributed by atoms with van der Waals surface area (Å²) in [4.78, 5) is 14.8. The molecule has 0 spiro atoms. The number of hydrogen-bond acceptors (Lipinski definition) is 5. The summed E-state index contributed by atoms with van der Waals surface area (Å²) in [5, 5.41) is 12.5. The van der Waals surface area contributed by atoms with E-state index in [9.17, 15) is 22.4 Å². The van der Waals surface area contributed by atoms with Crippen molar-refractivity contribution in [2.75, 3.05) is 31.1 Å². The molecule has 1 aromatic carbocycles. The molecule has 4 rings (SSSR count). The van der Waals surface area contributed by atoms with Crippen molar-refractivity contribution in [2.45, 2.75) is 12.6 Å². The van der Waals surface area contributed by atoms with Crippen molar-refractivity contribution < 1.29 is 22.4 Å². The zero-order valence-corrected chi connectivity index (χ0v) is 15.1. The van der Waals surface area contributed by atoms with Gasteiger partial charge in [-0.2, -0.15) is 17.7 Å². The summed E-state index contributed by atoms with van der Waals surface area (Å²) in [5.41, 5.74) is 0.693. The molecule has 29 heavy (non-hydrogen) atoms. The van der Waals surface area contributed by atoms with Crippen LogP contribution in [0.25, 0.3) is 17.0 Å². The maximum absolute atomic E-state index is 14.1. The smallest absolute Gasteiger partial charge is 0.352 e. The van der Waals surface area contributed by atoms with E-state index in [0.717, 1.165) is 0 Å². The Bertz CT molecular complexity index is 1040. The summed E-state index contributed by atoms with van der Waals surface area (Å²) in [6, 6.07) is 9.53. The topological polar surface area (TPSA) is 66.6 Å². The molecule has 0 atom stereocenters. The second kappa shape index (κ2) is 7.30. The van der Waals surface area contributed by atoms with Crippen LogP contribution >= 0.6 is 0 Å². The van der Waals surface area contributed by atoms with Gasteiger partial charge in [-0.3, -0.25) is 4.79 Å². The van der Waals surface area contributed by atoms with Crippen LogP contribution in [0.3, 0.4) is 0 Å². The van der Waals surface area contributed by atoms with Crippen molar-refractivity contribution in [3.63, 3.8) is 0 Å². The molecule has 2 aromatic heterocycles. The molecule has 152 valence electrons. The molecule has 0 aliphatic carbocycles. The summed E-state index contributed by atoms with van der Waals surface area (Å²) >= 11 is 0. The van der Waals surface area contributed by atoms with Crippen LogP contribution < -0.4 is 4.90 Å². The molecule has 3 heterocycles. The molecule has 3 aromatic rings. The summed E-state index contributed by atoms with van der Waals surface area (Å²) in [7, 11) is 0. The van der Waals surface area contributed by atoms with Crippen LogP contribution in [0, 0.1) is 5.82 Å². The van der Waals surface area contributed by atoms with E-state index in [1.165, 1.54) is 15.5 Å². The molecule has 0 bridgehead atoms. The third kappa shape index (κ3) is 3.98. The molecule has 0 N–H and O–H groups in total. The maximum atomic E-state index is 14.1. The average Bonchev–Trinajstić information content (AvgIpc) is 3.10. The number of alkyl halides is 3. The Hall–Kier alpha value is -3.24. The Morgan fingerprint density at radius 2 is 1.72 bits per heavy atom. The first-order valence-electron chi connectivity index (χ1n) is 8.89. The third-order valence-electron chi connectivity index (χ3n) is 4.67. The highest BCUT2D eigenvalue weighted by atomic mass is 19.4. The van der Waals surface area contributed by atoms with Gasteiger partial charge < -0.3 is 9.80 Å². The molecule has 1 aliphatic heterocycles. The number of carbonyl (C=O) groups is 1. The van der Waals surface area contributed by atoms with E-state index in [-0.39, 0.29) is 24.5 Å². The highest BCUT2D eigenvalue weighted by molar-refractivity contribution is 5.77. The molecular weight excluding hydrogens is 392 g/mol. The van der Waals surface area contributed by atoms with Crippen LogP contribution in [0.1, 0.15) is 6.42 Å². The SMILES string of the molecule is O=C(CC(F)(F)F)N1CCN(c2ccc3nnc(-c4ccccc4F)n3n2)CC1. The molecule has 0 radical (unpaired) electrons. The fourth-order valence-electron chi connectivity index (χ4n) is 3.23. The van der Waals surface area contributed by atoms with Gasteiger partial charge in [-0.25, -0.2) is 4.39 Å². The number of carbonyl (C=O) groups excluding carboxylic acids is 1. The maximum Gasteiger partial charge on any atom is 0.397 e. The lowest BCUT2D eigenvalue weighted by atomic mass is 10.2. The zero-order valence-electron chi connectivity index (χ0n) is 15.1. The monoisotopic (exact) mass is 408 g/mol. The number of anilines is 1. The Balaban J connectivity index is 1.53. The number of benzene rings is 1. The molecule has 1 saturated heterocycles. The predicted molar refractivity (Wildman–Crippen MR) is 95.6 cm³/mol. The van der Waals surface area contributed by atoms with E-state index < -0.39 is 24.3 Å². The third-order valence-corrected chi connectivity index (χ3v) is 4.67. The molecule has 1 amide bonds. The Labute approximate surface area is 162 Å². The summed E-state index contributed by atoms with van der Waals surface area (Å²) < 4.78 is 52.8. The fourth-order valence-corrected chi connectivity index (χ4v) is 3.23. The first-order valence-corrected chi connectivity index (χ1v) is 8.89. The van der Waals surface area contributed by atoms with Crippen LogP contribution in [0.5, 0.6) is 0 Å². The molecular formula is C18H16F4N6O. The lowest BCUT2D eigenvalue weighted by Gasteiger charge is -2.35. The summed E-state index contributed by atoms with van der Waals surface area (Å²) in [6.45, 7) is 0.993. The largest absolute Gasteiger partial charge is 0.397 e. The summed E-state index contributed by atoms with van der Waals surface area (Å²) in [5.74, 6) is -0.594. The molecule has 1 fully saturated rings. The van der Waals surface area contributed by atoms with E-state index >= 15 is 0 Å². The van der Waals surface area contributed by atoms with Crippen molar-refractivity contribution in [1.82, 2.24) is 24.7 Å². The van der Waals surface area contributed by atoms with Gasteiger partial charge in [0.05, 0.1) is 5.56 Å². The molecule has 0 unspecified atom stereocenters. The van der Waals surface area contributed by atoms with Gasteiger partial charge in [-0.05, 0) is 24.3 Å². The molecule has 11 heteroatoms. The number of amides is 1.